The maximum Gasteiger partial charge on any atom is 0.128 e. The minimum Gasteiger partial charge on any atom is -0.363 e. The van der Waals surface area contributed by atoms with E-state index in [0.717, 1.165) is 12.5 Å². The third-order valence-electron chi connectivity index (χ3n) is 1.48. The predicted octanol–water partition coefficient (Wildman–Crippen LogP) is 3.27. The van der Waals surface area contributed by atoms with Crippen LogP contribution in [0.4, 0.5) is 0 Å². The van der Waals surface area contributed by atoms with Crippen molar-refractivity contribution >= 4 is 11.6 Å². The van der Waals surface area contributed by atoms with E-state index in [0.29, 0.717) is 5.92 Å². The van der Waals surface area contributed by atoms with Gasteiger partial charge in [-0.15, -0.1) is 0 Å². The number of rotatable bonds is 5. The Morgan fingerprint density at radius 2 is 1.73 bits per heavy atom. The van der Waals surface area contributed by atoms with Crippen molar-refractivity contribution in [3.05, 3.63) is 0 Å². The first-order chi connectivity index (χ1) is 5.02. The molecule has 0 aromatic carbocycles. The van der Waals surface area contributed by atoms with E-state index in [2.05, 4.69) is 20.8 Å². The van der Waals surface area contributed by atoms with Gasteiger partial charge in [0.05, 0.1) is 6.61 Å². The molecule has 0 aliphatic carbocycles. The van der Waals surface area contributed by atoms with Gasteiger partial charge in [0.2, 0.25) is 0 Å². The molecule has 0 aromatic rings. The van der Waals surface area contributed by atoms with E-state index < -0.39 is 0 Å². The smallest absolute Gasteiger partial charge is 0.128 e. The van der Waals surface area contributed by atoms with Gasteiger partial charge in [0.1, 0.15) is 5.56 Å². The van der Waals surface area contributed by atoms with E-state index >= 15 is 0 Å². The SMILES string of the molecule is CC(C)CC(C)COC(C)Cl. The first kappa shape index (κ1) is 11.2. The summed E-state index contributed by atoms with van der Waals surface area (Å²) in [6.45, 7) is 9.27. The summed E-state index contributed by atoms with van der Waals surface area (Å²) in [4.78, 5) is 0. The van der Waals surface area contributed by atoms with Gasteiger partial charge in [-0.05, 0) is 25.2 Å². The summed E-state index contributed by atoms with van der Waals surface area (Å²) in [5.74, 6) is 1.37. The van der Waals surface area contributed by atoms with Crippen molar-refractivity contribution in [2.24, 2.45) is 11.8 Å². The topological polar surface area (TPSA) is 9.23 Å². The zero-order valence-corrected chi connectivity index (χ0v) is 8.69. The van der Waals surface area contributed by atoms with E-state index in [1.165, 1.54) is 6.42 Å². The lowest BCUT2D eigenvalue weighted by Crippen LogP contribution is -2.11. The molecule has 0 aliphatic heterocycles. The van der Waals surface area contributed by atoms with Crippen molar-refractivity contribution in [1.82, 2.24) is 0 Å². The van der Waals surface area contributed by atoms with Crippen molar-refractivity contribution in [2.45, 2.75) is 39.7 Å². The van der Waals surface area contributed by atoms with Gasteiger partial charge in [-0.3, -0.25) is 0 Å². The Bertz CT molecular complexity index is 91.6. The second-order valence-corrected chi connectivity index (χ2v) is 4.23. The van der Waals surface area contributed by atoms with Gasteiger partial charge >= 0.3 is 0 Å². The number of hydrogen-bond donors (Lipinski definition) is 0. The highest BCUT2D eigenvalue weighted by Gasteiger charge is 2.06. The lowest BCUT2D eigenvalue weighted by Gasteiger charge is -2.14. The first-order valence-corrected chi connectivity index (χ1v) is 4.71. The molecule has 2 heteroatoms. The summed E-state index contributed by atoms with van der Waals surface area (Å²) in [5.41, 5.74) is -0.149. The zero-order chi connectivity index (χ0) is 8.85. The first-order valence-electron chi connectivity index (χ1n) is 4.28. The van der Waals surface area contributed by atoms with Gasteiger partial charge in [-0.2, -0.15) is 0 Å². The highest BCUT2D eigenvalue weighted by molar-refractivity contribution is 6.19. The quantitative estimate of drug-likeness (QED) is 0.588. The summed E-state index contributed by atoms with van der Waals surface area (Å²) in [6.07, 6.45) is 1.21. The van der Waals surface area contributed by atoms with Crippen molar-refractivity contribution in [3.63, 3.8) is 0 Å². The standard InChI is InChI=1S/C9H19ClO/c1-7(2)5-8(3)6-11-9(4)10/h7-9H,5-6H2,1-4H3. The monoisotopic (exact) mass is 178 g/mol. The Morgan fingerprint density at radius 3 is 2.09 bits per heavy atom. The van der Waals surface area contributed by atoms with Crippen molar-refractivity contribution < 1.29 is 4.74 Å². The Labute approximate surface area is 75.1 Å². The van der Waals surface area contributed by atoms with Crippen LogP contribution in [-0.4, -0.2) is 12.2 Å². The minimum atomic E-state index is -0.149. The molecule has 0 rings (SSSR count). The molecule has 1 nitrogen and oxygen atoms in total. The number of ether oxygens (including phenoxy) is 1. The fourth-order valence-corrected chi connectivity index (χ4v) is 1.24. The molecular formula is C9H19ClO. The predicted molar refractivity (Wildman–Crippen MR) is 49.9 cm³/mol. The van der Waals surface area contributed by atoms with Gasteiger partial charge in [0, 0.05) is 0 Å². The van der Waals surface area contributed by atoms with Crippen molar-refractivity contribution in [3.8, 4) is 0 Å². The summed E-state index contributed by atoms with van der Waals surface area (Å²) in [5, 5.41) is 0. The van der Waals surface area contributed by atoms with Crippen LogP contribution in [0.25, 0.3) is 0 Å². The lowest BCUT2D eigenvalue weighted by molar-refractivity contribution is 0.0846. The molecule has 0 bridgehead atoms. The highest BCUT2D eigenvalue weighted by atomic mass is 35.5. The molecule has 0 aromatic heterocycles. The van der Waals surface area contributed by atoms with E-state index in [9.17, 15) is 0 Å². The molecule has 0 aliphatic rings. The van der Waals surface area contributed by atoms with Gasteiger partial charge in [-0.1, -0.05) is 32.4 Å². The molecule has 2 atom stereocenters. The van der Waals surface area contributed by atoms with Crippen LogP contribution in [0.15, 0.2) is 0 Å². The molecular weight excluding hydrogens is 160 g/mol. The fraction of sp³-hybridized carbons (Fsp3) is 1.00. The second kappa shape index (κ2) is 5.84. The summed E-state index contributed by atoms with van der Waals surface area (Å²) >= 11 is 5.64. The lowest BCUT2D eigenvalue weighted by atomic mass is 10.00. The van der Waals surface area contributed by atoms with Crippen LogP contribution in [0.1, 0.15) is 34.1 Å². The van der Waals surface area contributed by atoms with Crippen molar-refractivity contribution in [1.29, 1.82) is 0 Å². The summed E-state index contributed by atoms with van der Waals surface area (Å²) in [7, 11) is 0. The molecule has 2 unspecified atom stereocenters. The second-order valence-electron chi connectivity index (χ2n) is 3.61. The van der Waals surface area contributed by atoms with Crippen LogP contribution < -0.4 is 0 Å². The molecule has 0 amide bonds. The number of alkyl halides is 1. The third-order valence-corrected chi connectivity index (χ3v) is 1.61. The van der Waals surface area contributed by atoms with Crippen LogP contribution in [-0.2, 0) is 4.74 Å². The molecule has 0 fully saturated rings. The Morgan fingerprint density at radius 1 is 1.18 bits per heavy atom. The number of halogens is 1. The average Bonchev–Trinajstić information content (AvgIpc) is 1.82. The fourth-order valence-electron chi connectivity index (χ4n) is 1.17. The van der Waals surface area contributed by atoms with Crippen LogP contribution in [0, 0.1) is 11.8 Å². The molecule has 11 heavy (non-hydrogen) atoms. The van der Waals surface area contributed by atoms with Crippen LogP contribution in [0.2, 0.25) is 0 Å². The molecule has 0 spiro atoms. The maximum absolute atomic E-state index is 5.64. The van der Waals surface area contributed by atoms with Crippen LogP contribution >= 0.6 is 11.6 Å². The molecule has 68 valence electrons. The van der Waals surface area contributed by atoms with Crippen LogP contribution in [0.3, 0.4) is 0 Å². The zero-order valence-electron chi connectivity index (χ0n) is 7.93. The van der Waals surface area contributed by atoms with E-state index in [1.807, 2.05) is 6.92 Å². The van der Waals surface area contributed by atoms with E-state index in [-0.39, 0.29) is 5.56 Å². The van der Waals surface area contributed by atoms with Crippen molar-refractivity contribution in [2.75, 3.05) is 6.61 Å². The molecule has 0 saturated heterocycles. The van der Waals surface area contributed by atoms with Gasteiger partial charge in [-0.25, -0.2) is 0 Å². The van der Waals surface area contributed by atoms with E-state index in [1.54, 1.807) is 0 Å². The highest BCUT2D eigenvalue weighted by Crippen LogP contribution is 2.12. The normalized spacial score (nSPS) is 16.9. The van der Waals surface area contributed by atoms with E-state index in [4.69, 9.17) is 16.3 Å². The Hall–Kier alpha value is 0.250. The van der Waals surface area contributed by atoms with Gasteiger partial charge in [0.25, 0.3) is 0 Å². The Balaban J connectivity index is 3.29. The molecule has 0 radical (unpaired) electrons. The molecule has 0 heterocycles. The van der Waals surface area contributed by atoms with Gasteiger partial charge in [0.15, 0.2) is 0 Å². The molecule has 0 saturated carbocycles. The Kier molecular flexibility index (Phi) is 5.98. The van der Waals surface area contributed by atoms with Crippen LogP contribution in [0.5, 0.6) is 0 Å². The summed E-state index contributed by atoms with van der Waals surface area (Å²) < 4.78 is 5.27. The average molecular weight is 179 g/mol. The maximum atomic E-state index is 5.64. The largest absolute Gasteiger partial charge is 0.363 e. The summed E-state index contributed by atoms with van der Waals surface area (Å²) in [6, 6.07) is 0. The third kappa shape index (κ3) is 8.15. The van der Waals surface area contributed by atoms with Gasteiger partial charge < -0.3 is 4.74 Å². The molecule has 0 N–H and O–H groups in total. The minimum absolute atomic E-state index is 0.149. The number of hydrogen-bond acceptors (Lipinski definition) is 1.